The third kappa shape index (κ3) is 2.56. The van der Waals surface area contributed by atoms with Gasteiger partial charge in [-0.1, -0.05) is 0 Å². The number of rotatable bonds is 3. The lowest BCUT2D eigenvalue weighted by molar-refractivity contribution is 0.0776. The van der Waals surface area contributed by atoms with E-state index in [0.717, 1.165) is 19.5 Å². The van der Waals surface area contributed by atoms with Gasteiger partial charge in [-0.05, 0) is 24.6 Å². The van der Waals surface area contributed by atoms with Gasteiger partial charge in [0, 0.05) is 37.5 Å². The van der Waals surface area contributed by atoms with Crippen LogP contribution < -0.4 is 11.5 Å². The molecule has 1 aliphatic rings. The Balaban J connectivity index is 2.08. The van der Waals surface area contributed by atoms with E-state index in [1.54, 1.807) is 25.3 Å². The molecule has 0 spiro atoms. The highest BCUT2D eigenvalue weighted by atomic mass is 16.5. The number of nitrogens with two attached hydrogens (primary N) is 2. The van der Waals surface area contributed by atoms with Crippen molar-refractivity contribution in [3.8, 4) is 0 Å². The molecule has 1 heterocycles. The lowest BCUT2D eigenvalue weighted by Gasteiger charge is -2.17. The van der Waals surface area contributed by atoms with Crippen molar-refractivity contribution in [2.45, 2.75) is 6.42 Å². The van der Waals surface area contributed by atoms with Gasteiger partial charge < -0.3 is 21.1 Å². The maximum absolute atomic E-state index is 12.3. The van der Waals surface area contributed by atoms with Gasteiger partial charge in [0.25, 0.3) is 5.91 Å². The van der Waals surface area contributed by atoms with Crippen molar-refractivity contribution in [3.63, 3.8) is 0 Å². The normalized spacial score (nSPS) is 19.2. The van der Waals surface area contributed by atoms with Gasteiger partial charge in [-0.25, -0.2) is 0 Å². The van der Waals surface area contributed by atoms with E-state index in [4.69, 9.17) is 16.2 Å². The number of nitrogen functional groups attached to an aromatic ring is 2. The Hall–Kier alpha value is -1.75. The molecule has 98 valence electrons. The topological polar surface area (TPSA) is 81.6 Å². The summed E-state index contributed by atoms with van der Waals surface area (Å²) in [5.74, 6) is 0.403. The highest BCUT2D eigenvalue weighted by Crippen LogP contribution is 2.22. The Morgan fingerprint density at radius 1 is 1.50 bits per heavy atom. The van der Waals surface area contributed by atoms with Gasteiger partial charge in [0.2, 0.25) is 0 Å². The van der Waals surface area contributed by atoms with Crippen LogP contribution in [0.15, 0.2) is 18.2 Å². The summed E-state index contributed by atoms with van der Waals surface area (Å²) >= 11 is 0. The second-order valence-corrected chi connectivity index (χ2v) is 4.71. The van der Waals surface area contributed by atoms with E-state index in [-0.39, 0.29) is 5.91 Å². The van der Waals surface area contributed by atoms with Gasteiger partial charge in [-0.15, -0.1) is 0 Å². The maximum atomic E-state index is 12.3. The third-order valence-corrected chi connectivity index (χ3v) is 3.28. The number of methoxy groups -OCH3 is 1. The first-order valence-corrected chi connectivity index (χ1v) is 6.05. The summed E-state index contributed by atoms with van der Waals surface area (Å²) in [6.07, 6.45) is 0.981. The SMILES string of the molecule is COCC1CCN(C(=O)c2ccc(N)cc2N)C1. The zero-order chi connectivity index (χ0) is 13.1. The second-order valence-electron chi connectivity index (χ2n) is 4.71. The highest BCUT2D eigenvalue weighted by molar-refractivity contribution is 5.99. The van der Waals surface area contributed by atoms with Crippen molar-refractivity contribution in [1.82, 2.24) is 4.90 Å². The van der Waals surface area contributed by atoms with E-state index in [1.165, 1.54) is 0 Å². The van der Waals surface area contributed by atoms with Crippen LogP contribution in [0.4, 0.5) is 11.4 Å². The smallest absolute Gasteiger partial charge is 0.255 e. The molecule has 1 saturated heterocycles. The number of hydrogen-bond donors (Lipinski definition) is 2. The summed E-state index contributed by atoms with van der Waals surface area (Å²) in [6, 6.07) is 5.01. The van der Waals surface area contributed by atoms with E-state index in [0.29, 0.717) is 29.5 Å². The molecule has 1 unspecified atom stereocenters. The first kappa shape index (κ1) is 12.7. The number of hydrogen-bond acceptors (Lipinski definition) is 4. The van der Waals surface area contributed by atoms with Crippen molar-refractivity contribution in [2.24, 2.45) is 5.92 Å². The van der Waals surface area contributed by atoms with Crippen LogP contribution in [0, 0.1) is 5.92 Å². The standard InChI is InChI=1S/C13H19N3O2/c1-18-8-9-4-5-16(7-9)13(17)11-3-2-10(14)6-12(11)15/h2-3,6,9H,4-5,7-8,14-15H2,1H3. The largest absolute Gasteiger partial charge is 0.399 e. The van der Waals surface area contributed by atoms with Gasteiger partial charge in [-0.3, -0.25) is 4.79 Å². The summed E-state index contributed by atoms with van der Waals surface area (Å²) in [5.41, 5.74) is 13.0. The Kier molecular flexibility index (Phi) is 3.72. The number of carbonyl (C=O) groups excluding carboxylic acids is 1. The van der Waals surface area contributed by atoms with Gasteiger partial charge in [0.15, 0.2) is 0 Å². The number of anilines is 2. The van der Waals surface area contributed by atoms with Crippen molar-refractivity contribution in [1.29, 1.82) is 0 Å². The van der Waals surface area contributed by atoms with E-state index in [2.05, 4.69) is 0 Å². The fraction of sp³-hybridized carbons (Fsp3) is 0.462. The average Bonchev–Trinajstić information content (AvgIpc) is 2.77. The molecule has 1 fully saturated rings. The van der Waals surface area contributed by atoms with E-state index >= 15 is 0 Å². The maximum Gasteiger partial charge on any atom is 0.255 e. The van der Waals surface area contributed by atoms with Crippen LogP contribution in [0.5, 0.6) is 0 Å². The van der Waals surface area contributed by atoms with Crippen molar-refractivity contribution in [2.75, 3.05) is 38.3 Å². The monoisotopic (exact) mass is 249 g/mol. The molecular formula is C13H19N3O2. The summed E-state index contributed by atoms with van der Waals surface area (Å²) < 4.78 is 5.12. The first-order valence-electron chi connectivity index (χ1n) is 6.05. The molecule has 0 aromatic heterocycles. The van der Waals surface area contributed by atoms with Crippen molar-refractivity contribution in [3.05, 3.63) is 23.8 Å². The molecule has 18 heavy (non-hydrogen) atoms. The third-order valence-electron chi connectivity index (χ3n) is 3.28. The number of carbonyl (C=O) groups is 1. The molecule has 1 amide bonds. The van der Waals surface area contributed by atoms with Crippen molar-refractivity contribution < 1.29 is 9.53 Å². The molecule has 1 aromatic carbocycles. The Bertz CT molecular complexity index is 448. The zero-order valence-electron chi connectivity index (χ0n) is 10.6. The van der Waals surface area contributed by atoms with Gasteiger partial charge >= 0.3 is 0 Å². The number of benzene rings is 1. The molecule has 1 aromatic rings. The molecule has 5 nitrogen and oxygen atoms in total. The molecule has 5 heteroatoms. The van der Waals surface area contributed by atoms with Crippen LogP contribution in [-0.2, 0) is 4.74 Å². The second kappa shape index (κ2) is 5.27. The van der Waals surface area contributed by atoms with Crippen LogP contribution in [0.1, 0.15) is 16.8 Å². The van der Waals surface area contributed by atoms with Crippen LogP contribution in [0.25, 0.3) is 0 Å². The van der Waals surface area contributed by atoms with Crippen LogP contribution in [0.2, 0.25) is 0 Å². The van der Waals surface area contributed by atoms with E-state index in [1.807, 2.05) is 4.90 Å². The molecule has 4 N–H and O–H groups in total. The van der Waals surface area contributed by atoms with Crippen LogP contribution in [-0.4, -0.2) is 37.6 Å². The lowest BCUT2D eigenvalue weighted by Crippen LogP contribution is -2.29. The van der Waals surface area contributed by atoms with Crippen molar-refractivity contribution >= 4 is 17.3 Å². The number of likely N-dealkylation sites (tertiary alicyclic amines) is 1. The summed E-state index contributed by atoms with van der Waals surface area (Å²) in [5, 5.41) is 0. The predicted octanol–water partition coefficient (Wildman–Crippen LogP) is 0.960. The highest BCUT2D eigenvalue weighted by Gasteiger charge is 2.27. The molecule has 0 radical (unpaired) electrons. The number of nitrogens with zero attached hydrogens (tertiary/aromatic N) is 1. The first-order chi connectivity index (χ1) is 8.61. The van der Waals surface area contributed by atoms with E-state index < -0.39 is 0 Å². The molecule has 0 bridgehead atoms. The van der Waals surface area contributed by atoms with Crippen LogP contribution in [0.3, 0.4) is 0 Å². The fourth-order valence-corrected chi connectivity index (χ4v) is 2.34. The van der Waals surface area contributed by atoms with E-state index in [9.17, 15) is 4.79 Å². The Morgan fingerprint density at radius 3 is 2.94 bits per heavy atom. The number of amides is 1. The summed E-state index contributed by atoms with van der Waals surface area (Å²) in [7, 11) is 1.68. The minimum absolute atomic E-state index is 0.0221. The molecule has 1 aliphatic heterocycles. The van der Waals surface area contributed by atoms with Gasteiger partial charge in [0.05, 0.1) is 12.2 Å². The summed E-state index contributed by atoms with van der Waals surface area (Å²) in [4.78, 5) is 14.1. The molecular weight excluding hydrogens is 230 g/mol. The minimum Gasteiger partial charge on any atom is -0.399 e. The zero-order valence-corrected chi connectivity index (χ0v) is 10.6. The van der Waals surface area contributed by atoms with Gasteiger partial charge in [-0.2, -0.15) is 0 Å². The molecule has 0 aliphatic carbocycles. The quantitative estimate of drug-likeness (QED) is 0.782. The van der Waals surface area contributed by atoms with Gasteiger partial charge in [0.1, 0.15) is 0 Å². The summed E-state index contributed by atoms with van der Waals surface area (Å²) in [6.45, 7) is 2.19. The predicted molar refractivity (Wildman–Crippen MR) is 71.2 cm³/mol. The lowest BCUT2D eigenvalue weighted by atomic mass is 10.1. The Labute approximate surface area is 107 Å². The minimum atomic E-state index is -0.0221. The fourth-order valence-electron chi connectivity index (χ4n) is 2.34. The molecule has 2 rings (SSSR count). The average molecular weight is 249 g/mol. The Morgan fingerprint density at radius 2 is 2.28 bits per heavy atom. The molecule has 1 atom stereocenters. The number of ether oxygens (including phenoxy) is 1. The van der Waals surface area contributed by atoms with Crippen LogP contribution >= 0.6 is 0 Å². The molecule has 0 saturated carbocycles.